The Morgan fingerprint density at radius 2 is 1.66 bits per heavy atom. The highest BCUT2D eigenvalue weighted by molar-refractivity contribution is 7.89. The summed E-state index contributed by atoms with van der Waals surface area (Å²) >= 11 is 0. The van der Waals surface area contributed by atoms with Gasteiger partial charge in [-0.25, -0.2) is 13.2 Å². The quantitative estimate of drug-likeness (QED) is 0.308. The van der Waals surface area contributed by atoms with Gasteiger partial charge in [0, 0.05) is 18.7 Å². The molecular weight excluding hydrogens is 552 g/mol. The smallest absolute Gasteiger partial charge is 0.326 e. The monoisotopic (exact) mass is 582 g/mol. The lowest BCUT2D eigenvalue weighted by atomic mass is 10.0. The molecule has 0 spiro atoms. The van der Waals surface area contributed by atoms with Gasteiger partial charge in [-0.2, -0.15) is 4.31 Å². The maximum atomic E-state index is 13.1. The molecule has 1 aliphatic heterocycles. The van der Waals surface area contributed by atoms with Crippen molar-refractivity contribution in [2.24, 2.45) is 0 Å². The van der Waals surface area contributed by atoms with Crippen LogP contribution < -0.4 is 20.1 Å². The van der Waals surface area contributed by atoms with Crippen LogP contribution in [0, 0.1) is 0 Å². The molecule has 3 aromatic rings. The third kappa shape index (κ3) is 6.64. The molecule has 4 rings (SSSR count). The van der Waals surface area contributed by atoms with Crippen molar-refractivity contribution in [2.75, 3.05) is 26.1 Å². The highest BCUT2D eigenvalue weighted by Gasteiger charge is 2.40. The molecule has 12 nitrogen and oxygen atoms in total. The van der Waals surface area contributed by atoms with E-state index in [2.05, 4.69) is 15.6 Å². The van der Waals surface area contributed by atoms with E-state index >= 15 is 0 Å². The maximum Gasteiger partial charge on any atom is 0.326 e. The van der Waals surface area contributed by atoms with E-state index in [9.17, 15) is 27.9 Å². The van der Waals surface area contributed by atoms with Crippen molar-refractivity contribution >= 4 is 33.5 Å². The molecule has 0 aliphatic carbocycles. The number of carbonyl (C=O) groups is 3. The molecule has 0 bridgehead atoms. The third-order valence-corrected chi connectivity index (χ3v) is 8.59. The summed E-state index contributed by atoms with van der Waals surface area (Å²) in [6.07, 6.45) is 3.49. The third-order valence-electron chi connectivity index (χ3n) is 6.67. The normalized spacial score (nSPS) is 16.0. The largest absolute Gasteiger partial charge is 0.494 e. The highest BCUT2D eigenvalue weighted by atomic mass is 32.2. The molecule has 0 saturated carbocycles. The Balaban J connectivity index is 1.43. The summed E-state index contributed by atoms with van der Waals surface area (Å²) in [5.74, 6) is -1.95. The van der Waals surface area contributed by atoms with Crippen LogP contribution in [-0.2, 0) is 26.0 Å². The van der Waals surface area contributed by atoms with Gasteiger partial charge in [0.05, 0.1) is 31.5 Å². The molecule has 13 heteroatoms. The van der Waals surface area contributed by atoms with Crippen molar-refractivity contribution in [3.63, 3.8) is 0 Å². The van der Waals surface area contributed by atoms with Gasteiger partial charge in [-0.1, -0.05) is 30.3 Å². The van der Waals surface area contributed by atoms with Crippen molar-refractivity contribution in [3.8, 4) is 11.5 Å². The number of nitrogens with zero attached hydrogens (tertiary/aromatic N) is 2. The Bertz CT molecular complexity index is 1490. The SMILES string of the molecule is COc1cncc(OC)c1C(=O)Nc1ccc(C[C@H](NC(=O)[C@@H]2CCCN2S(=O)(=O)c2ccccc2)C(=O)O)cc1. The minimum Gasteiger partial charge on any atom is -0.494 e. The van der Waals surface area contributed by atoms with E-state index in [4.69, 9.17) is 9.47 Å². The van der Waals surface area contributed by atoms with Crippen LogP contribution in [0.2, 0.25) is 0 Å². The number of amides is 2. The van der Waals surface area contributed by atoms with Crippen LogP contribution in [-0.4, -0.2) is 73.4 Å². The predicted molar refractivity (Wildman–Crippen MR) is 148 cm³/mol. The number of methoxy groups -OCH3 is 2. The number of aromatic nitrogens is 1. The first-order valence-electron chi connectivity index (χ1n) is 12.7. The summed E-state index contributed by atoms with van der Waals surface area (Å²) in [5.41, 5.74) is 1.18. The molecule has 1 aromatic heterocycles. The van der Waals surface area contributed by atoms with Crippen LogP contribution >= 0.6 is 0 Å². The standard InChI is InChI=1S/C28H30N4O8S/c1-39-23-16-29-17-24(40-2)25(23)27(34)30-19-12-10-18(11-13-19)15-21(28(35)36)31-26(33)22-9-6-14-32(22)41(37,38)20-7-4-3-5-8-20/h3-5,7-8,10-13,16-17,21-22H,6,9,14-15H2,1-2H3,(H,30,34)(H,31,33)(H,35,36)/t21-,22-/m0/s1. The summed E-state index contributed by atoms with van der Waals surface area (Å²) < 4.78 is 37.8. The zero-order valence-corrected chi connectivity index (χ0v) is 23.3. The first-order valence-corrected chi connectivity index (χ1v) is 14.2. The first-order chi connectivity index (χ1) is 19.6. The van der Waals surface area contributed by atoms with Crippen LogP contribution in [0.5, 0.6) is 11.5 Å². The van der Waals surface area contributed by atoms with Crippen molar-refractivity contribution in [3.05, 3.63) is 78.1 Å². The number of rotatable bonds is 11. The van der Waals surface area contributed by atoms with E-state index in [1.54, 1.807) is 42.5 Å². The lowest BCUT2D eigenvalue weighted by Gasteiger charge is -2.25. The molecule has 3 N–H and O–H groups in total. The number of pyridine rings is 1. The summed E-state index contributed by atoms with van der Waals surface area (Å²) in [6.45, 7) is 0.164. The van der Waals surface area contributed by atoms with Gasteiger partial charge in [-0.05, 0) is 42.7 Å². The second-order valence-electron chi connectivity index (χ2n) is 9.26. The van der Waals surface area contributed by atoms with Crippen molar-refractivity contribution in [1.29, 1.82) is 0 Å². The van der Waals surface area contributed by atoms with Crippen LogP contribution in [0.15, 0.2) is 71.9 Å². The Kier molecular flexibility index (Phi) is 9.20. The number of aliphatic carboxylic acids is 1. The fraction of sp³-hybridized carbons (Fsp3) is 0.286. The fourth-order valence-corrected chi connectivity index (χ4v) is 6.27. The lowest BCUT2D eigenvalue weighted by molar-refractivity contribution is -0.142. The molecule has 2 amide bonds. The minimum atomic E-state index is -3.92. The molecule has 1 saturated heterocycles. The molecule has 2 atom stereocenters. The van der Waals surface area contributed by atoms with Gasteiger partial charge in [-0.15, -0.1) is 0 Å². The van der Waals surface area contributed by atoms with E-state index in [1.165, 1.54) is 38.7 Å². The molecule has 1 fully saturated rings. The summed E-state index contributed by atoms with van der Waals surface area (Å²) in [4.78, 5) is 42.0. The van der Waals surface area contributed by atoms with Crippen LogP contribution in [0.3, 0.4) is 0 Å². The average Bonchev–Trinajstić information content (AvgIpc) is 3.49. The number of benzene rings is 2. The van der Waals surface area contributed by atoms with Gasteiger partial charge in [0.1, 0.15) is 17.6 Å². The van der Waals surface area contributed by atoms with E-state index in [0.29, 0.717) is 17.7 Å². The molecular formula is C28H30N4O8S. The van der Waals surface area contributed by atoms with E-state index in [-0.39, 0.29) is 41.3 Å². The van der Waals surface area contributed by atoms with Gasteiger partial charge in [0.25, 0.3) is 5.91 Å². The maximum absolute atomic E-state index is 13.1. The topological polar surface area (TPSA) is 164 Å². The fourth-order valence-electron chi connectivity index (χ4n) is 4.60. The molecule has 0 radical (unpaired) electrons. The number of anilines is 1. The Hall–Kier alpha value is -4.49. The molecule has 0 unspecified atom stereocenters. The summed E-state index contributed by atoms with van der Waals surface area (Å²) in [7, 11) is -1.10. The van der Waals surface area contributed by atoms with Crippen molar-refractivity contribution in [1.82, 2.24) is 14.6 Å². The average molecular weight is 583 g/mol. The Morgan fingerprint density at radius 3 is 2.24 bits per heavy atom. The molecule has 216 valence electrons. The van der Waals surface area contributed by atoms with E-state index in [1.807, 2.05) is 0 Å². The van der Waals surface area contributed by atoms with Crippen LogP contribution in [0.25, 0.3) is 0 Å². The lowest BCUT2D eigenvalue weighted by Crippen LogP contribution is -2.51. The number of nitrogens with one attached hydrogen (secondary N) is 2. The number of carboxylic acid groups (broad SMARTS) is 1. The zero-order valence-electron chi connectivity index (χ0n) is 22.4. The van der Waals surface area contributed by atoms with Crippen molar-refractivity contribution < 1.29 is 37.4 Å². The van der Waals surface area contributed by atoms with Gasteiger partial charge in [-0.3, -0.25) is 14.6 Å². The molecule has 2 heterocycles. The number of hydrogen-bond acceptors (Lipinski definition) is 8. The number of carboxylic acids is 1. The van der Waals surface area contributed by atoms with Gasteiger partial charge in [0.15, 0.2) is 11.5 Å². The number of carbonyl (C=O) groups excluding carboxylic acids is 2. The van der Waals surface area contributed by atoms with Crippen molar-refractivity contribution in [2.45, 2.75) is 36.2 Å². The Morgan fingerprint density at radius 1 is 1.02 bits per heavy atom. The van der Waals surface area contributed by atoms with E-state index < -0.39 is 39.9 Å². The number of ether oxygens (including phenoxy) is 2. The van der Waals surface area contributed by atoms with Crippen LogP contribution in [0.4, 0.5) is 5.69 Å². The van der Waals surface area contributed by atoms with Gasteiger partial charge < -0.3 is 25.2 Å². The van der Waals surface area contributed by atoms with Crippen LogP contribution in [0.1, 0.15) is 28.8 Å². The second kappa shape index (κ2) is 12.8. The zero-order chi connectivity index (χ0) is 29.6. The molecule has 2 aromatic carbocycles. The molecule has 41 heavy (non-hydrogen) atoms. The number of sulfonamides is 1. The minimum absolute atomic E-state index is 0.0561. The van der Waals surface area contributed by atoms with Gasteiger partial charge >= 0.3 is 5.97 Å². The van der Waals surface area contributed by atoms with E-state index in [0.717, 1.165) is 4.31 Å². The first kappa shape index (κ1) is 29.5. The Labute approximate surface area is 237 Å². The van der Waals surface area contributed by atoms with Gasteiger partial charge in [0.2, 0.25) is 15.9 Å². The number of hydrogen-bond donors (Lipinski definition) is 3. The predicted octanol–water partition coefficient (Wildman–Crippen LogP) is 2.32. The molecule has 1 aliphatic rings. The summed E-state index contributed by atoms with van der Waals surface area (Å²) in [6, 6.07) is 11.9. The second-order valence-corrected chi connectivity index (χ2v) is 11.2. The highest BCUT2D eigenvalue weighted by Crippen LogP contribution is 2.28. The summed E-state index contributed by atoms with van der Waals surface area (Å²) in [5, 5.41) is 15.0.